The Morgan fingerprint density at radius 2 is 2.18 bits per heavy atom. The van der Waals surface area contributed by atoms with Gasteiger partial charge in [-0.2, -0.15) is 0 Å². The minimum atomic E-state index is -0.232. The maximum absolute atomic E-state index is 12.0. The molecule has 22 heavy (non-hydrogen) atoms. The number of thioether (sulfide) groups is 1. The summed E-state index contributed by atoms with van der Waals surface area (Å²) in [4.78, 5) is 19.7. The molecule has 2 aromatic heterocycles. The number of aromatic amines is 1. The molecule has 112 valence electrons. The van der Waals surface area contributed by atoms with Crippen molar-refractivity contribution in [2.75, 3.05) is 0 Å². The highest BCUT2D eigenvalue weighted by Crippen LogP contribution is 2.26. The third-order valence-electron chi connectivity index (χ3n) is 3.68. The van der Waals surface area contributed by atoms with Gasteiger partial charge in [-0.1, -0.05) is 30.0 Å². The number of carbonyl (C=O) groups is 1. The molecule has 0 unspecified atom stereocenters. The van der Waals surface area contributed by atoms with Gasteiger partial charge in [0.05, 0.1) is 5.25 Å². The largest absolute Gasteiger partial charge is 0.352 e. The molecular weight excluding hydrogens is 298 g/mol. The Kier molecular flexibility index (Phi) is 3.22. The highest BCUT2D eigenvalue weighted by atomic mass is 32.2. The fourth-order valence-electron chi connectivity index (χ4n) is 2.31. The van der Waals surface area contributed by atoms with Crippen LogP contribution in [0.3, 0.4) is 0 Å². The lowest BCUT2D eigenvalue weighted by molar-refractivity contribution is -0.120. The van der Waals surface area contributed by atoms with Crippen LogP contribution < -0.4 is 5.32 Å². The van der Waals surface area contributed by atoms with Crippen LogP contribution in [0.5, 0.6) is 0 Å². The lowest BCUT2D eigenvalue weighted by Crippen LogP contribution is -2.32. The molecule has 4 rings (SSSR count). The Balaban J connectivity index is 1.59. The van der Waals surface area contributed by atoms with Crippen molar-refractivity contribution < 1.29 is 4.79 Å². The quantitative estimate of drug-likeness (QED) is 0.722. The number of nitrogens with one attached hydrogen (secondary N) is 2. The van der Waals surface area contributed by atoms with Crippen LogP contribution in [0, 0.1) is 0 Å². The second-order valence-corrected chi connectivity index (χ2v) is 6.81. The Hall–Kier alpha value is -2.15. The van der Waals surface area contributed by atoms with Crippen molar-refractivity contribution in [3.8, 4) is 0 Å². The minimum Gasteiger partial charge on any atom is -0.352 e. The average molecular weight is 313 g/mol. The summed E-state index contributed by atoms with van der Waals surface area (Å²) in [5.41, 5.74) is 2.45. The van der Waals surface area contributed by atoms with Crippen LogP contribution >= 0.6 is 11.8 Å². The average Bonchev–Trinajstić information content (AvgIpc) is 3.25. The van der Waals surface area contributed by atoms with Gasteiger partial charge in [0.15, 0.2) is 5.65 Å². The monoisotopic (exact) mass is 313 g/mol. The van der Waals surface area contributed by atoms with E-state index in [4.69, 9.17) is 0 Å². The smallest absolute Gasteiger partial charge is 0.233 e. The first-order chi connectivity index (χ1) is 10.7. The van der Waals surface area contributed by atoms with Crippen molar-refractivity contribution >= 4 is 39.7 Å². The first kappa shape index (κ1) is 13.5. The lowest BCUT2D eigenvalue weighted by Gasteiger charge is -2.09. The molecule has 1 fully saturated rings. The Labute approximate surface area is 131 Å². The van der Waals surface area contributed by atoms with E-state index in [0.29, 0.717) is 16.8 Å². The predicted octanol–water partition coefficient (Wildman–Crippen LogP) is 2.27. The molecule has 1 aromatic carbocycles. The third kappa shape index (κ3) is 2.52. The summed E-state index contributed by atoms with van der Waals surface area (Å²) in [5, 5.41) is 12.7. The van der Waals surface area contributed by atoms with E-state index in [1.165, 1.54) is 11.8 Å². The number of benzene rings is 1. The van der Waals surface area contributed by atoms with Crippen LogP contribution in [0.15, 0.2) is 29.4 Å². The van der Waals surface area contributed by atoms with E-state index in [9.17, 15) is 4.79 Å². The second kappa shape index (κ2) is 5.24. The molecule has 0 radical (unpaired) electrons. The standard InChI is InChI=1S/C15H15N5OS/c1-8(14(21)16-9-6-7-9)22-15-18-13-12(19-20-15)10-4-2-3-5-11(10)17-13/h2-5,8-9H,6-7H2,1H3,(H,16,21)(H,17,18,20)/t8-/m0/s1. The van der Waals surface area contributed by atoms with Crippen LogP contribution in [-0.2, 0) is 4.79 Å². The number of rotatable bonds is 4. The van der Waals surface area contributed by atoms with Gasteiger partial charge >= 0.3 is 0 Å². The SMILES string of the molecule is C[C@H](Sc1nnc2c(n1)[nH]c1ccccc12)C(=O)NC1CC1. The van der Waals surface area contributed by atoms with Crippen LogP contribution in [0.2, 0.25) is 0 Å². The van der Waals surface area contributed by atoms with Crippen molar-refractivity contribution in [2.45, 2.75) is 36.2 Å². The maximum atomic E-state index is 12.0. The molecule has 2 N–H and O–H groups in total. The molecular formula is C15H15N5OS. The number of para-hydroxylation sites is 1. The van der Waals surface area contributed by atoms with E-state index in [2.05, 4.69) is 25.5 Å². The van der Waals surface area contributed by atoms with E-state index in [1.807, 2.05) is 31.2 Å². The topological polar surface area (TPSA) is 83.6 Å². The third-order valence-corrected chi connectivity index (χ3v) is 4.63. The van der Waals surface area contributed by atoms with Crippen LogP contribution in [-0.4, -0.2) is 37.4 Å². The number of hydrogen-bond acceptors (Lipinski definition) is 5. The number of amides is 1. The van der Waals surface area contributed by atoms with Crippen molar-refractivity contribution in [1.82, 2.24) is 25.5 Å². The molecule has 1 saturated carbocycles. The van der Waals surface area contributed by atoms with Gasteiger partial charge in [-0.05, 0) is 25.8 Å². The van der Waals surface area contributed by atoms with Crippen molar-refractivity contribution in [3.63, 3.8) is 0 Å². The molecule has 1 amide bonds. The van der Waals surface area contributed by atoms with E-state index in [-0.39, 0.29) is 11.2 Å². The van der Waals surface area contributed by atoms with E-state index >= 15 is 0 Å². The summed E-state index contributed by atoms with van der Waals surface area (Å²) in [7, 11) is 0. The van der Waals surface area contributed by atoms with Gasteiger partial charge in [-0.3, -0.25) is 4.79 Å². The Morgan fingerprint density at radius 1 is 1.36 bits per heavy atom. The second-order valence-electron chi connectivity index (χ2n) is 5.51. The summed E-state index contributed by atoms with van der Waals surface area (Å²) in [6.07, 6.45) is 2.17. The van der Waals surface area contributed by atoms with Gasteiger partial charge < -0.3 is 10.3 Å². The van der Waals surface area contributed by atoms with E-state index in [0.717, 1.165) is 29.3 Å². The van der Waals surface area contributed by atoms with Crippen molar-refractivity contribution in [3.05, 3.63) is 24.3 Å². The molecule has 0 bridgehead atoms. The minimum absolute atomic E-state index is 0.0350. The molecule has 0 saturated heterocycles. The van der Waals surface area contributed by atoms with Crippen molar-refractivity contribution in [1.29, 1.82) is 0 Å². The maximum Gasteiger partial charge on any atom is 0.233 e. The van der Waals surface area contributed by atoms with Gasteiger partial charge in [0, 0.05) is 16.9 Å². The molecule has 2 heterocycles. The van der Waals surface area contributed by atoms with Gasteiger partial charge in [0.1, 0.15) is 5.52 Å². The first-order valence-electron chi connectivity index (χ1n) is 7.29. The molecule has 1 aliphatic carbocycles. The number of aromatic nitrogens is 4. The summed E-state index contributed by atoms with van der Waals surface area (Å²) in [6.45, 7) is 1.86. The summed E-state index contributed by atoms with van der Waals surface area (Å²) >= 11 is 1.33. The highest BCUT2D eigenvalue weighted by molar-refractivity contribution is 8.00. The molecule has 1 aliphatic rings. The predicted molar refractivity (Wildman–Crippen MR) is 85.7 cm³/mol. The number of hydrogen-bond donors (Lipinski definition) is 2. The molecule has 3 aromatic rings. The zero-order valence-corrected chi connectivity index (χ0v) is 12.9. The first-order valence-corrected chi connectivity index (χ1v) is 8.17. The fourth-order valence-corrected chi connectivity index (χ4v) is 3.04. The summed E-state index contributed by atoms with van der Waals surface area (Å²) in [6, 6.07) is 8.26. The normalized spacial score (nSPS) is 16.0. The number of fused-ring (bicyclic) bond motifs is 3. The molecule has 0 spiro atoms. The van der Waals surface area contributed by atoms with Gasteiger partial charge in [-0.25, -0.2) is 4.98 Å². The summed E-state index contributed by atoms with van der Waals surface area (Å²) in [5.74, 6) is 0.0350. The number of H-pyrrole nitrogens is 1. The zero-order chi connectivity index (χ0) is 15.1. The number of carbonyl (C=O) groups excluding carboxylic acids is 1. The van der Waals surface area contributed by atoms with Gasteiger partial charge in [0.25, 0.3) is 0 Å². The molecule has 1 atom stereocenters. The van der Waals surface area contributed by atoms with Crippen molar-refractivity contribution in [2.24, 2.45) is 0 Å². The van der Waals surface area contributed by atoms with E-state index in [1.54, 1.807) is 0 Å². The Bertz CT molecular complexity index is 857. The fraction of sp³-hybridized carbons (Fsp3) is 0.333. The van der Waals surface area contributed by atoms with Gasteiger partial charge in [0.2, 0.25) is 11.1 Å². The van der Waals surface area contributed by atoms with Gasteiger partial charge in [-0.15, -0.1) is 10.2 Å². The van der Waals surface area contributed by atoms with Crippen LogP contribution in [0.25, 0.3) is 22.1 Å². The lowest BCUT2D eigenvalue weighted by atomic mass is 10.2. The molecule has 7 heteroatoms. The van der Waals surface area contributed by atoms with Crippen LogP contribution in [0.1, 0.15) is 19.8 Å². The van der Waals surface area contributed by atoms with Crippen LogP contribution in [0.4, 0.5) is 0 Å². The Morgan fingerprint density at radius 3 is 3.00 bits per heavy atom. The highest BCUT2D eigenvalue weighted by Gasteiger charge is 2.26. The molecule has 0 aliphatic heterocycles. The van der Waals surface area contributed by atoms with E-state index < -0.39 is 0 Å². The molecule has 6 nitrogen and oxygen atoms in total. The number of nitrogens with zero attached hydrogens (tertiary/aromatic N) is 3. The summed E-state index contributed by atoms with van der Waals surface area (Å²) < 4.78 is 0. The zero-order valence-electron chi connectivity index (χ0n) is 12.0.